The molecule has 0 bridgehead atoms. The molecule has 1 heterocycles. The van der Waals surface area contributed by atoms with Crippen molar-refractivity contribution in [3.63, 3.8) is 0 Å². The predicted octanol–water partition coefficient (Wildman–Crippen LogP) is 4.34. The van der Waals surface area contributed by atoms with Gasteiger partial charge in [0.25, 0.3) is 0 Å². The van der Waals surface area contributed by atoms with Crippen molar-refractivity contribution in [3.8, 4) is 0 Å². The maximum atomic E-state index is 14.8. The standard InChI is InChI=1S/C20H26FNO2S/c1-14(2)25(23,24)13-15-8-10-16(11-9-15)18-12-22-20(19(18)21)17-6-4-3-5-7-17/h3-7,14-16H,8-13H2,1-2H3. The Morgan fingerprint density at radius 3 is 2.36 bits per heavy atom. The fourth-order valence-corrected chi connectivity index (χ4v) is 5.15. The van der Waals surface area contributed by atoms with Gasteiger partial charge in [0, 0.05) is 5.56 Å². The van der Waals surface area contributed by atoms with Crippen LogP contribution in [0.2, 0.25) is 0 Å². The van der Waals surface area contributed by atoms with Crippen LogP contribution in [0.1, 0.15) is 45.1 Å². The van der Waals surface area contributed by atoms with E-state index in [1.165, 1.54) is 0 Å². The molecule has 0 spiro atoms. The van der Waals surface area contributed by atoms with Gasteiger partial charge in [0.05, 0.1) is 17.5 Å². The monoisotopic (exact) mass is 363 g/mol. The van der Waals surface area contributed by atoms with Gasteiger partial charge in [-0.15, -0.1) is 0 Å². The number of nitrogens with zero attached hydrogens (tertiary/aromatic N) is 1. The molecule has 2 aliphatic rings. The molecule has 1 fully saturated rings. The second-order valence-corrected chi connectivity index (χ2v) is 10.1. The molecular weight excluding hydrogens is 337 g/mol. The summed E-state index contributed by atoms with van der Waals surface area (Å²) in [6.07, 6.45) is 3.43. The summed E-state index contributed by atoms with van der Waals surface area (Å²) in [5.41, 5.74) is 2.11. The Bertz CT molecular complexity index is 773. The van der Waals surface area contributed by atoms with Gasteiger partial charge in [-0.3, -0.25) is 4.99 Å². The van der Waals surface area contributed by atoms with Crippen molar-refractivity contribution in [2.45, 2.75) is 44.8 Å². The Morgan fingerprint density at radius 2 is 1.76 bits per heavy atom. The van der Waals surface area contributed by atoms with Gasteiger partial charge in [-0.1, -0.05) is 30.3 Å². The van der Waals surface area contributed by atoms with Crippen molar-refractivity contribution in [2.75, 3.05) is 12.3 Å². The number of allylic oxidation sites excluding steroid dienone is 1. The van der Waals surface area contributed by atoms with E-state index in [1.807, 2.05) is 30.3 Å². The van der Waals surface area contributed by atoms with Gasteiger partial charge in [0.1, 0.15) is 11.5 Å². The lowest BCUT2D eigenvalue weighted by Crippen LogP contribution is -2.27. The van der Waals surface area contributed by atoms with E-state index in [2.05, 4.69) is 4.99 Å². The minimum Gasteiger partial charge on any atom is -0.277 e. The molecule has 0 N–H and O–H groups in total. The van der Waals surface area contributed by atoms with E-state index in [-0.39, 0.29) is 28.7 Å². The lowest BCUT2D eigenvalue weighted by Gasteiger charge is -2.29. The molecule has 5 heteroatoms. The molecule has 1 aliphatic heterocycles. The minimum absolute atomic E-state index is 0.163. The second kappa shape index (κ2) is 7.40. The summed E-state index contributed by atoms with van der Waals surface area (Å²) in [7, 11) is -3.00. The van der Waals surface area contributed by atoms with Crippen LogP contribution < -0.4 is 0 Å². The largest absolute Gasteiger partial charge is 0.277 e. The number of benzene rings is 1. The van der Waals surface area contributed by atoms with E-state index in [1.54, 1.807) is 13.8 Å². The fourth-order valence-electron chi connectivity index (χ4n) is 3.78. The van der Waals surface area contributed by atoms with Gasteiger partial charge < -0.3 is 0 Å². The zero-order valence-corrected chi connectivity index (χ0v) is 15.7. The van der Waals surface area contributed by atoms with Crippen LogP contribution in [0.25, 0.3) is 0 Å². The summed E-state index contributed by atoms with van der Waals surface area (Å²) in [6.45, 7) is 3.92. The van der Waals surface area contributed by atoms with Crippen molar-refractivity contribution in [1.29, 1.82) is 0 Å². The third kappa shape index (κ3) is 4.02. The second-order valence-electron chi connectivity index (χ2n) is 7.47. The average Bonchev–Trinajstić information content (AvgIpc) is 2.97. The molecule has 25 heavy (non-hydrogen) atoms. The SMILES string of the molecule is CC(C)S(=O)(=O)CC1CCC(C2=C(F)C(c3ccccc3)=NC2)CC1. The van der Waals surface area contributed by atoms with Crippen molar-refractivity contribution in [3.05, 3.63) is 47.3 Å². The summed E-state index contributed by atoms with van der Waals surface area (Å²) in [6, 6.07) is 9.46. The predicted molar refractivity (Wildman–Crippen MR) is 100 cm³/mol. The number of sulfone groups is 1. The number of hydrogen-bond donors (Lipinski definition) is 0. The van der Waals surface area contributed by atoms with Crippen LogP contribution in [-0.4, -0.2) is 31.7 Å². The zero-order valence-electron chi connectivity index (χ0n) is 14.9. The van der Waals surface area contributed by atoms with Gasteiger partial charge in [0.15, 0.2) is 9.84 Å². The van der Waals surface area contributed by atoms with Crippen LogP contribution in [0.5, 0.6) is 0 Å². The summed E-state index contributed by atoms with van der Waals surface area (Å²) in [5.74, 6) is 0.515. The van der Waals surface area contributed by atoms with Crippen molar-refractivity contribution < 1.29 is 12.8 Å². The summed E-state index contributed by atoms with van der Waals surface area (Å²) >= 11 is 0. The third-order valence-electron chi connectivity index (χ3n) is 5.47. The van der Waals surface area contributed by atoms with E-state index in [0.29, 0.717) is 12.3 Å². The van der Waals surface area contributed by atoms with Crippen LogP contribution >= 0.6 is 0 Å². The smallest absolute Gasteiger partial charge is 0.152 e. The number of aliphatic imine (C=N–C) groups is 1. The first-order valence-corrected chi connectivity index (χ1v) is 10.8. The minimum atomic E-state index is -3.00. The van der Waals surface area contributed by atoms with Crippen molar-refractivity contribution in [1.82, 2.24) is 0 Å². The normalized spacial score (nSPS) is 24.7. The quantitative estimate of drug-likeness (QED) is 0.781. The van der Waals surface area contributed by atoms with Crippen LogP contribution in [0.3, 0.4) is 0 Å². The molecule has 0 unspecified atom stereocenters. The van der Waals surface area contributed by atoms with E-state index in [0.717, 1.165) is 36.8 Å². The molecule has 0 atom stereocenters. The maximum Gasteiger partial charge on any atom is 0.152 e. The molecule has 3 rings (SSSR count). The number of rotatable bonds is 5. The first-order valence-electron chi connectivity index (χ1n) is 9.09. The van der Waals surface area contributed by atoms with Crippen LogP contribution in [-0.2, 0) is 9.84 Å². The first-order chi connectivity index (χ1) is 11.9. The highest BCUT2D eigenvalue weighted by atomic mass is 32.2. The highest BCUT2D eigenvalue weighted by Gasteiger charge is 2.32. The molecule has 0 saturated heterocycles. The van der Waals surface area contributed by atoms with Gasteiger partial charge in [-0.05, 0) is 56.9 Å². The molecular formula is C20H26FNO2S. The Balaban J connectivity index is 1.63. The molecule has 3 nitrogen and oxygen atoms in total. The van der Waals surface area contributed by atoms with Crippen LogP contribution in [0.15, 0.2) is 46.7 Å². The van der Waals surface area contributed by atoms with Gasteiger partial charge in [-0.25, -0.2) is 12.8 Å². The van der Waals surface area contributed by atoms with Crippen molar-refractivity contribution in [2.24, 2.45) is 16.8 Å². The number of hydrogen-bond acceptors (Lipinski definition) is 3. The van der Waals surface area contributed by atoms with Gasteiger partial charge in [-0.2, -0.15) is 0 Å². The Kier molecular flexibility index (Phi) is 5.42. The molecule has 0 radical (unpaired) electrons. The molecule has 1 aromatic rings. The fraction of sp³-hybridized carbons (Fsp3) is 0.550. The van der Waals surface area contributed by atoms with Crippen LogP contribution in [0, 0.1) is 11.8 Å². The maximum absolute atomic E-state index is 14.8. The summed E-state index contributed by atoms with van der Waals surface area (Å²) < 4.78 is 39.1. The summed E-state index contributed by atoms with van der Waals surface area (Å²) in [5, 5.41) is -0.318. The van der Waals surface area contributed by atoms with Crippen molar-refractivity contribution >= 4 is 15.5 Å². The van der Waals surface area contributed by atoms with Crippen LogP contribution in [0.4, 0.5) is 4.39 Å². The Hall–Kier alpha value is -1.49. The van der Waals surface area contributed by atoms with E-state index in [4.69, 9.17) is 0 Å². The average molecular weight is 363 g/mol. The van der Waals surface area contributed by atoms with Gasteiger partial charge in [0.2, 0.25) is 0 Å². The lowest BCUT2D eigenvalue weighted by atomic mass is 9.79. The van der Waals surface area contributed by atoms with E-state index < -0.39 is 9.84 Å². The zero-order chi connectivity index (χ0) is 18.0. The Morgan fingerprint density at radius 1 is 1.12 bits per heavy atom. The van der Waals surface area contributed by atoms with E-state index >= 15 is 0 Å². The molecule has 0 amide bonds. The van der Waals surface area contributed by atoms with Gasteiger partial charge >= 0.3 is 0 Å². The lowest BCUT2D eigenvalue weighted by molar-refractivity contribution is 0.316. The topological polar surface area (TPSA) is 46.5 Å². The molecule has 0 aromatic heterocycles. The molecule has 136 valence electrons. The molecule has 1 saturated carbocycles. The highest BCUT2D eigenvalue weighted by molar-refractivity contribution is 7.91. The third-order valence-corrected chi connectivity index (χ3v) is 7.84. The first kappa shape index (κ1) is 18.3. The number of halogens is 1. The molecule has 1 aromatic carbocycles. The summed E-state index contributed by atoms with van der Waals surface area (Å²) in [4.78, 5) is 4.42. The highest BCUT2D eigenvalue weighted by Crippen LogP contribution is 2.38. The molecule has 1 aliphatic carbocycles. The Labute approximate surface area is 150 Å². The van der Waals surface area contributed by atoms with E-state index in [9.17, 15) is 12.8 Å².